The topological polar surface area (TPSA) is 68.3 Å². The number of carbonyl (C=O) groups is 2. The number of ketones is 1. The molecule has 0 saturated carbocycles. The maximum atomic E-state index is 13.0. The van der Waals surface area contributed by atoms with Crippen molar-refractivity contribution in [2.24, 2.45) is 5.73 Å². The molecule has 0 spiro atoms. The van der Waals surface area contributed by atoms with E-state index in [1.165, 1.54) is 6.07 Å². The molecule has 0 bridgehead atoms. The van der Waals surface area contributed by atoms with Crippen LogP contribution >= 0.6 is 0 Å². The third kappa shape index (κ3) is 3.82. The Morgan fingerprint density at radius 3 is 2.57 bits per heavy atom. The number of Topliss-reactive ketones (excluding diaryl/α,β-unsaturated/α-hetero) is 1. The van der Waals surface area contributed by atoms with E-state index in [1.54, 1.807) is 35.4 Å². The molecule has 1 fully saturated rings. The minimum absolute atomic E-state index is 0.0560. The fourth-order valence-corrected chi connectivity index (χ4v) is 3.87. The molecule has 3 rings (SSSR count). The van der Waals surface area contributed by atoms with Crippen LogP contribution in [0.25, 0.3) is 5.69 Å². The highest BCUT2D eigenvalue weighted by molar-refractivity contribution is 5.99. The van der Waals surface area contributed by atoms with Gasteiger partial charge in [-0.2, -0.15) is 13.2 Å². The fourth-order valence-electron chi connectivity index (χ4n) is 3.87. The van der Waals surface area contributed by atoms with Gasteiger partial charge in [-0.1, -0.05) is 6.07 Å². The molecule has 2 aromatic rings. The van der Waals surface area contributed by atoms with Gasteiger partial charge in [0.1, 0.15) is 0 Å². The Balaban J connectivity index is 1.90. The van der Waals surface area contributed by atoms with Crippen molar-refractivity contribution in [2.75, 3.05) is 13.1 Å². The van der Waals surface area contributed by atoms with Crippen molar-refractivity contribution in [3.63, 3.8) is 0 Å². The van der Waals surface area contributed by atoms with Crippen LogP contribution in [0.2, 0.25) is 0 Å². The summed E-state index contributed by atoms with van der Waals surface area (Å²) in [7, 11) is 0. The molecule has 0 radical (unpaired) electrons. The van der Waals surface area contributed by atoms with Gasteiger partial charge in [0.2, 0.25) is 5.91 Å². The second-order valence-electron chi connectivity index (χ2n) is 7.12. The Morgan fingerprint density at radius 1 is 1.21 bits per heavy atom. The molecule has 5 nitrogen and oxygen atoms in total. The number of nitrogens with two attached hydrogens (primary N) is 1. The Labute approximate surface area is 160 Å². The number of rotatable bonds is 5. The zero-order valence-electron chi connectivity index (χ0n) is 15.7. The summed E-state index contributed by atoms with van der Waals surface area (Å²) >= 11 is 0. The maximum Gasteiger partial charge on any atom is 0.416 e. The first kappa shape index (κ1) is 20.1. The summed E-state index contributed by atoms with van der Waals surface area (Å²) in [6.07, 6.45) is -3.01. The summed E-state index contributed by atoms with van der Waals surface area (Å²) in [5.74, 6) is -0.626. The summed E-state index contributed by atoms with van der Waals surface area (Å²) in [4.78, 5) is 26.1. The molecule has 1 atom stereocenters. The Morgan fingerprint density at radius 2 is 1.93 bits per heavy atom. The van der Waals surface area contributed by atoms with E-state index < -0.39 is 23.7 Å². The van der Waals surface area contributed by atoms with Gasteiger partial charge in [0, 0.05) is 22.6 Å². The number of nitrogens with zero attached hydrogens (tertiary/aromatic N) is 2. The summed E-state index contributed by atoms with van der Waals surface area (Å²) in [6, 6.07) is 6.23. The van der Waals surface area contributed by atoms with Gasteiger partial charge in [-0.3, -0.25) is 14.5 Å². The third-order valence-electron chi connectivity index (χ3n) is 5.20. The van der Waals surface area contributed by atoms with Crippen molar-refractivity contribution in [3.8, 4) is 5.69 Å². The van der Waals surface area contributed by atoms with Crippen LogP contribution < -0.4 is 5.73 Å². The van der Waals surface area contributed by atoms with E-state index in [2.05, 4.69) is 0 Å². The molecule has 8 heteroatoms. The van der Waals surface area contributed by atoms with Gasteiger partial charge in [-0.15, -0.1) is 0 Å². The quantitative estimate of drug-likeness (QED) is 0.793. The largest absolute Gasteiger partial charge is 0.416 e. The second-order valence-corrected chi connectivity index (χ2v) is 7.12. The zero-order chi connectivity index (χ0) is 20.6. The van der Waals surface area contributed by atoms with Gasteiger partial charge in [0.15, 0.2) is 5.78 Å². The molecule has 2 N–H and O–H groups in total. The summed E-state index contributed by atoms with van der Waals surface area (Å²) in [5, 5.41) is 0. The molecule has 1 saturated heterocycles. The van der Waals surface area contributed by atoms with Gasteiger partial charge >= 0.3 is 6.18 Å². The normalized spacial score (nSPS) is 17.8. The Bertz CT molecular complexity index is 918. The standard InChI is InChI=1S/C20H22F3N3O2/c1-12-9-16(18(27)11-25-8-4-7-17(25)19(24)28)13(2)26(12)15-6-3-5-14(10-15)20(21,22)23/h3,5-6,9-10,17H,4,7-8,11H2,1-2H3,(H2,24,28). The van der Waals surface area contributed by atoms with Crippen molar-refractivity contribution < 1.29 is 22.8 Å². The first-order valence-corrected chi connectivity index (χ1v) is 9.02. The second kappa shape index (κ2) is 7.43. The molecule has 1 amide bonds. The number of hydrogen-bond donors (Lipinski definition) is 1. The van der Waals surface area contributed by atoms with Crippen molar-refractivity contribution >= 4 is 11.7 Å². The van der Waals surface area contributed by atoms with Crippen LogP contribution in [-0.4, -0.2) is 40.3 Å². The number of aryl methyl sites for hydroxylation is 1. The first-order valence-electron chi connectivity index (χ1n) is 9.02. The SMILES string of the molecule is Cc1cc(C(=O)CN2CCCC2C(N)=O)c(C)n1-c1cccc(C(F)(F)F)c1. The number of alkyl halides is 3. The van der Waals surface area contributed by atoms with Crippen LogP contribution in [0.5, 0.6) is 0 Å². The molecule has 28 heavy (non-hydrogen) atoms. The van der Waals surface area contributed by atoms with Crippen molar-refractivity contribution in [1.29, 1.82) is 0 Å². The number of hydrogen-bond acceptors (Lipinski definition) is 3. The van der Waals surface area contributed by atoms with Crippen LogP contribution in [-0.2, 0) is 11.0 Å². The molecular formula is C20H22F3N3O2. The molecule has 150 valence electrons. The monoisotopic (exact) mass is 393 g/mol. The molecule has 1 aromatic carbocycles. The van der Waals surface area contributed by atoms with E-state index in [-0.39, 0.29) is 12.3 Å². The van der Waals surface area contributed by atoms with Crippen molar-refractivity contribution in [1.82, 2.24) is 9.47 Å². The van der Waals surface area contributed by atoms with Crippen LogP contribution in [0.4, 0.5) is 13.2 Å². The van der Waals surface area contributed by atoms with Crippen LogP contribution in [0.1, 0.15) is 40.2 Å². The average Bonchev–Trinajstić information content (AvgIpc) is 3.18. The Hall–Kier alpha value is -2.61. The van der Waals surface area contributed by atoms with E-state index in [1.807, 2.05) is 0 Å². The number of amides is 1. The summed E-state index contributed by atoms with van der Waals surface area (Å²) in [5.41, 5.74) is 6.66. The van der Waals surface area contributed by atoms with Crippen LogP contribution in [0, 0.1) is 13.8 Å². The lowest BCUT2D eigenvalue weighted by molar-refractivity contribution is -0.137. The fraction of sp³-hybridized carbons (Fsp3) is 0.400. The van der Waals surface area contributed by atoms with E-state index in [0.717, 1.165) is 18.6 Å². The number of primary amides is 1. The van der Waals surface area contributed by atoms with Crippen molar-refractivity contribution in [3.05, 3.63) is 52.8 Å². The molecule has 1 unspecified atom stereocenters. The van der Waals surface area contributed by atoms with E-state index in [0.29, 0.717) is 35.6 Å². The molecule has 1 aliphatic heterocycles. The first-order chi connectivity index (χ1) is 13.1. The Kier molecular flexibility index (Phi) is 5.34. The number of likely N-dealkylation sites (tertiary alicyclic amines) is 1. The smallest absolute Gasteiger partial charge is 0.368 e. The third-order valence-corrected chi connectivity index (χ3v) is 5.20. The van der Waals surface area contributed by atoms with E-state index >= 15 is 0 Å². The highest BCUT2D eigenvalue weighted by atomic mass is 19.4. The predicted molar refractivity (Wildman–Crippen MR) is 98.4 cm³/mol. The minimum atomic E-state index is -4.44. The highest BCUT2D eigenvalue weighted by Gasteiger charge is 2.32. The van der Waals surface area contributed by atoms with Gasteiger partial charge in [-0.25, -0.2) is 0 Å². The lowest BCUT2D eigenvalue weighted by Crippen LogP contribution is -2.42. The zero-order valence-corrected chi connectivity index (χ0v) is 15.7. The average molecular weight is 393 g/mol. The van der Waals surface area contributed by atoms with Gasteiger partial charge < -0.3 is 10.3 Å². The lowest BCUT2D eigenvalue weighted by Gasteiger charge is -2.20. The van der Waals surface area contributed by atoms with Gasteiger partial charge in [0.05, 0.1) is 18.2 Å². The van der Waals surface area contributed by atoms with Crippen LogP contribution in [0.15, 0.2) is 30.3 Å². The molecule has 1 aliphatic rings. The van der Waals surface area contributed by atoms with Crippen molar-refractivity contribution in [2.45, 2.75) is 38.9 Å². The highest BCUT2D eigenvalue weighted by Crippen LogP contribution is 2.31. The number of carbonyl (C=O) groups excluding carboxylic acids is 2. The van der Waals surface area contributed by atoms with Crippen LogP contribution in [0.3, 0.4) is 0 Å². The minimum Gasteiger partial charge on any atom is -0.368 e. The summed E-state index contributed by atoms with van der Waals surface area (Å²) < 4.78 is 40.8. The maximum absolute atomic E-state index is 13.0. The van der Waals surface area contributed by atoms with E-state index in [9.17, 15) is 22.8 Å². The number of halogens is 3. The number of aromatic nitrogens is 1. The summed E-state index contributed by atoms with van der Waals surface area (Å²) in [6.45, 7) is 4.12. The van der Waals surface area contributed by atoms with E-state index in [4.69, 9.17) is 5.73 Å². The predicted octanol–water partition coefficient (Wildman–Crippen LogP) is 3.25. The molecule has 0 aliphatic carbocycles. The molecule has 2 heterocycles. The lowest BCUT2D eigenvalue weighted by atomic mass is 10.1. The number of benzene rings is 1. The van der Waals surface area contributed by atoms with Gasteiger partial charge in [0.25, 0.3) is 0 Å². The molecule has 1 aromatic heterocycles. The molecular weight excluding hydrogens is 371 g/mol. The van der Waals surface area contributed by atoms with Gasteiger partial charge in [-0.05, 0) is 57.5 Å².